The number of rotatable bonds is 6. The number of ether oxygens (including phenoxy) is 2. The SMILES string of the molecule is CCCOc1cccc(OCCC(F)(F)F)c1N. The van der Waals surface area contributed by atoms with Crippen LogP contribution < -0.4 is 15.2 Å². The Bertz CT molecular complexity index is 380. The first kappa shape index (κ1) is 14.5. The molecule has 0 aromatic heterocycles. The zero-order valence-electron chi connectivity index (χ0n) is 10.1. The van der Waals surface area contributed by atoms with Crippen LogP contribution in [0.15, 0.2) is 18.2 Å². The molecule has 0 saturated carbocycles. The van der Waals surface area contributed by atoms with Gasteiger partial charge in [0.1, 0.15) is 17.2 Å². The molecule has 0 spiro atoms. The first-order valence-corrected chi connectivity index (χ1v) is 5.65. The second-order valence-corrected chi connectivity index (χ2v) is 3.73. The van der Waals surface area contributed by atoms with Crippen LogP contribution in [0.4, 0.5) is 18.9 Å². The maximum Gasteiger partial charge on any atom is 0.392 e. The Hall–Kier alpha value is -1.59. The highest BCUT2D eigenvalue weighted by molar-refractivity contribution is 5.62. The third-order valence-electron chi connectivity index (χ3n) is 2.13. The molecule has 18 heavy (non-hydrogen) atoms. The van der Waals surface area contributed by atoms with E-state index in [0.717, 1.165) is 6.42 Å². The quantitative estimate of drug-likeness (QED) is 0.800. The minimum Gasteiger partial charge on any atom is -0.491 e. The fourth-order valence-corrected chi connectivity index (χ4v) is 1.26. The van der Waals surface area contributed by atoms with Gasteiger partial charge in [-0.2, -0.15) is 13.2 Å². The van der Waals surface area contributed by atoms with E-state index >= 15 is 0 Å². The number of anilines is 1. The van der Waals surface area contributed by atoms with Crippen molar-refractivity contribution in [2.45, 2.75) is 25.9 Å². The molecular formula is C12H16F3NO2. The van der Waals surface area contributed by atoms with Crippen molar-refractivity contribution < 1.29 is 22.6 Å². The Labute approximate surface area is 104 Å². The van der Waals surface area contributed by atoms with Crippen LogP contribution in [0.1, 0.15) is 19.8 Å². The molecular weight excluding hydrogens is 247 g/mol. The number of para-hydroxylation sites is 1. The van der Waals surface area contributed by atoms with E-state index in [0.29, 0.717) is 12.4 Å². The second-order valence-electron chi connectivity index (χ2n) is 3.73. The first-order valence-electron chi connectivity index (χ1n) is 5.65. The van der Waals surface area contributed by atoms with Crippen molar-refractivity contribution in [3.05, 3.63) is 18.2 Å². The fraction of sp³-hybridized carbons (Fsp3) is 0.500. The molecule has 0 radical (unpaired) electrons. The number of benzene rings is 1. The summed E-state index contributed by atoms with van der Waals surface area (Å²) >= 11 is 0. The van der Waals surface area contributed by atoms with Crippen LogP contribution in [0.25, 0.3) is 0 Å². The van der Waals surface area contributed by atoms with Crippen LogP contribution in [0, 0.1) is 0 Å². The van der Waals surface area contributed by atoms with E-state index < -0.39 is 19.2 Å². The average Bonchev–Trinajstić information content (AvgIpc) is 2.28. The predicted octanol–water partition coefficient (Wildman–Crippen LogP) is 3.39. The van der Waals surface area contributed by atoms with Crippen molar-refractivity contribution in [2.75, 3.05) is 18.9 Å². The molecule has 6 heteroatoms. The highest BCUT2D eigenvalue weighted by atomic mass is 19.4. The van der Waals surface area contributed by atoms with E-state index in [1.54, 1.807) is 12.1 Å². The molecule has 102 valence electrons. The number of alkyl halides is 3. The number of nitrogens with two attached hydrogens (primary N) is 1. The lowest BCUT2D eigenvalue weighted by Crippen LogP contribution is -2.13. The Morgan fingerprint density at radius 3 is 2.17 bits per heavy atom. The van der Waals surface area contributed by atoms with E-state index in [9.17, 15) is 13.2 Å². The van der Waals surface area contributed by atoms with Gasteiger partial charge in [0, 0.05) is 0 Å². The summed E-state index contributed by atoms with van der Waals surface area (Å²) in [7, 11) is 0. The standard InChI is InChI=1S/C12H16F3NO2/c1-2-7-17-9-4-3-5-10(11(9)16)18-8-6-12(13,14)15/h3-5H,2,6-8,16H2,1H3. The Balaban J connectivity index is 2.60. The number of nitrogen functional groups attached to an aromatic ring is 1. The van der Waals surface area contributed by atoms with E-state index in [1.807, 2.05) is 6.92 Å². The van der Waals surface area contributed by atoms with E-state index in [1.165, 1.54) is 6.07 Å². The smallest absolute Gasteiger partial charge is 0.392 e. The minimum atomic E-state index is -4.23. The van der Waals surface area contributed by atoms with Crippen LogP contribution >= 0.6 is 0 Å². The molecule has 0 amide bonds. The van der Waals surface area contributed by atoms with Gasteiger partial charge in [-0.05, 0) is 18.6 Å². The topological polar surface area (TPSA) is 44.5 Å². The summed E-state index contributed by atoms with van der Waals surface area (Å²) in [5, 5.41) is 0. The van der Waals surface area contributed by atoms with Crippen LogP contribution in [-0.2, 0) is 0 Å². The molecule has 1 rings (SSSR count). The van der Waals surface area contributed by atoms with Gasteiger partial charge in [0.25, 0.3) is 0 Å². The molecule has 1 aromatic carbocycles. The van der Waals surface area contributed by atoms with Gasteiger partial charge in [0.2, 0.25) is 0 Å². The van der Waals surface area contributed by atoms with Gasteiger partial charge in [-0.3, -0.25) is 0 Å². The number of hydrogen-bond acceptors (Lipinski definition) is 3. The van der Waals surface area contributed by atoms with Crippen molar-refractivity contribution >= 4 is 5.69 Å². The summed E-state index contributed by atoms with van der Waals surface area (Å²) in [5.74, 6) is 0.647. The highest BCUT2D eigenvalue weighted by Crippen LogP contribution is 2.32. The summed E-state index contributed by atoms with van der Waals surface area (Å²) < 4.78 is 46.3. The zero-order chi connectivity index (χ0) is 13.6. The lowest BCUT2D eigenvalue weighted by Gasteiger charge is -2.13. The van der Waals surface area contributed by atoms with Gasteiger partial charge in [-0.25, -0.2) is 0 Å². The minimum absolute atomic E-state index is 0.216. The number of halogens is 3. The van der Waals surface area contributed by atoms with Crippen molar-refractivity contribution in [2.24, 2.45) is 0 Å². The monoisotopic (exact) mass is 263 g/mol. The van der Waals surface area contributed by atoms with Crippen LogP contribution in [0.5, 0.6) is 11.5 Å². The molecule has 0 aliphatic rings. The molecule has 0 fully saturated rings. The Kier molecular flexibility index (Phi) is 5.12. The third-order valence-corrected chi connectivity index (χ3v) is 2.13. The lowest BCUT2D eigenvalue weighted by atomic mass is 10.2. The summed E-state index contributed by atoms with van der Waals surface area (Å²) in [4.78, 5) is 0. The molecule has 0 unspecified atom stereocenters. The molecule has 3 nitrogen and oxygen atoms in total. The Morgan fingerprint density at radius 1 is 1.11 bits per heavy atom. The zero-order valence-corrected chi connectivity index (χ0v) is 10.1. The molecule has 0 atom stereocenters. The first-order chi connectivity index (χ1) is 8.44. The van der Waals surface area contributed by atoms with Crippen molar-refractivity contribution in [3.63, 3.8) is 0 Å². The average molecular weight is 263 g/mol. The van der Waals surface area contributed by atoms with Crippen molar-refractivity contribution in [1.82, 2.24) is 0 Å². The summed E-state index contributed by atoms with van der Waals surface area (Å²) in [5.41, 5.74) is 5.97. The van der Waals surface area contributed by atoms with Crippen LogP contribution in [-0.4, -0.2) is 19.4 Å². The normalized spacial score (nSPS) is 11.3. The van der Waals surface area contributed by atoms with Crippen molar-refractivity contribution in [1.29, 1.82) is 0 Å². The van der Waals surface area contributed by atoms with Gasteiger partial charge >= 0.3 is 6.18 Å². The fourth-order valence-electron chi connectivity index (χ4n) is 1.26. The van der Waals surface area contributed by atoms with Gasteiger partial charge < -0.3 is 15.2 Å². The highest BCUT2D eigenvalue weighted by Gasteiger charge is 2.27. The third kappa shape index (κ3) is 4.73. The molecule has 0 bridgehead atoms. The largest absolute Gasteiger partial charge is 0.491 e. The van der Waals surface area contributed by atoms with E-state index in [-0.39, 0.29) is 11.4 Å². The van der Waals surface area contributed by atoms with Gasteiger partial charge in [-0.1, -0.05) is 13.0 Å². The van der Waals surface area contributed by atoms with E-state index in [4.69, 9.17) is 15.2 Å². The van der Waals surface area contributed by atoms with Crippen LogP contribution in [0.2, 0.25) is 0 Å². The maximum absolute atomic E-state index is 12.0. The summed E-state index contributed by atoms with van der Waals surface area (Å²) in [6.07, 6.45) is -4.42. The molecule has 2 N–H and O–H groups in total. The molecule has 0 aliphatic carbocycles. The van der Waals surface area contributed by atoms with Crippen molar-refractivity contribution in [3.8, 4) is 11.5 Å². The predicted molar refractivity (Wildman–Crippen MR) is 62.8 cm³/mol. The van der Waals surface area contributed by atoms with Gasteiger partial charge in [0.15, 0.2) is 0 Å². The molecule has 0 aliphatic heterocycles. The number of hydrogen-bond donors (Lipinski definition) is 1. The molecule has 0 heterocycles. The van der Waals surface area contributed by atoms with Gasteiger partial charge in [0.05, 0.1) is 19.6 Å². The van der Waals surface area contributed by atoms with Crippen LogP contribution in [0.3, 0.4) is 0 Å². The maximum atomic E-state index is 12.0. The summed E-state index contributed by atoms with van der Waals surface area (Å²) in [6, 6.07) is 4.80. The van der Waals surface area contributed by atoms with Gasteiger partial charge in [-0.15, -0.1) is 0 Å². The molecule has 0 saturated heterocycles. The second kappa shape index (κ2) is 6.37. The van der Waals surface area contributed by atoms with E-state index in [2.05, 4.69) is 0 Å². The Morgan fingerprint density at radius 2 is 1.67 bits per heavy atom. The molecule has 1 aromatic rings. The summed E-state index contributed by atoms with van der Waals surface area (Å²) in [6.45, 7) is 1.99. The lowest BCUT2D eigenvalue weighted by molar-refractivity contribution is -0.139.